The fraction of sp³-hybridized carbons (Fsp3) is 0.850. The van der Waals surface area contributed by atoms with E-state index >= 15 is 0 Å². The SMILES string of the molecule is CC(C)CN1CCN(Cc2cncn2C2CCCCC2)C[C@H]1CCO. The molecule has 1 saturated heterocycles. The monoisotopic (exact) mass is 348 g/mol. The Morgan fingerprint density at radius 1 is 1.20 bits per heavy atom. The smallest absolute Gasteiger partial charge is 0.0951 e. The van der Waals surface area contributed by atoms with Gasteiger partial charge >= 0.3 is 0 Å². The van der Waals surface area contributed by atoms with Crippen molar-refractivity contribution in [3.05, 3.63) is 18.2 Å². The van der Waals surface area contributed by atoms with E-state index in [0.717, 1.165) is 39.1 Å². The van der Waals surface area contributed by atoms with E-state index in [9.17, 15) is 5.11 Å². The van der Waals surface area contributed by atoms with E-state index in [2.05, 4.69) is 39.4 Å². The van der Waals surface area contributed by atoms with Crippen LogP contribution in [0.25, 0.3) is 0 Å². The van der Waals surface area contributed by atoms with Gasteiger partial charge in [0.05, 0.1) is 12.0 Å². The van der Waals surface area contributed by atoms with E-state index in [1.54, 1.807) is 0 Å². The minimum atomic E-state index is 0.285. The van der Waals surface area contributed by atoms with Crippen LogP contribution in [-0.2, 0) is 6.54 Å². The number of piperazine rings is 1. The van der Waals surface area contributed by atoms with Crippen molar-refractivity contribution in [3.63, 3.8) is 0 Å². The molecule has 1 N–H and O–H groups in total. The molecule has 0 spiro atoms. The number of aliphatic hydroxyl groups excluding tert-OH is 1. The first kappa shape index (κ1) is 18.9. The number of nitrogens with zero attached hydrogens (tertiary/aromatic N) is 4. The zero-order valence-corrected chi connectivity index (χ0v) is 16.1. The molecule has 5 nitrogen and oxygen atoms in total. The Balaban J connectivity index is 1.61. The topological polar surface area (TPSA) is 44.5 Å². The molecule has 1 aromatic heterocycles. The molecule has 1 aliphatic heterocycles. The van der Waals surface area contributed by atoms with Crippen molar-refractivity contribution in [2.75, 3.05) is 32.8 Å². The first-order chi connectivity index (χ1) is 12.2. The van der Waals surface area contributed by atoms with Crippen LogP contribution < -0.4 is 0 Å². The summed E-state index contributed by atoms with van der Waals surface area (Å²) in [7, 11) is 0. The van der Waals surface area contributed by atoms with Crippen molar-refractivity contribution in [3.8, 4) is 0 Å². The van der Waals surface area contributed by atoms with Gasteiger partial charge in [-0.25, -0.2) is 4.98 Å². The van der Waals surface area contributed by atoms with E-state index in [-0.39, 0.29) is 6.61 Å². The molecule has 1 aliphatic carbocycles. The van der Waals surface area contributed by atoms with Crippen LogP contribution in [0.1, 0.15) is 64.1 Å². The van der Waals surface area contributed by atoms with Crippen LogP contribution in [-0.4, -0.2) is 63.3 Å². The number of aromatic nitrogens is 2. The van der Waals surface area contributed by atoms with Gasteiger partial charge in [0, 0.05) is 57.6 Å². The van der Waals surface area contributed by atoms with E-state index in [1.807, 2.05) is 6.33 Å². The predicted octanol–water partition coefficient (Wildman–Crippen LogP) is 2.91. The van der Waals surface area contributed by atoms with Gasteiger partial charge in [0.15, 0.2) is 0 Å². The lowest BCUT2D eigenvalue weighted by molar-refractivity contribution is 0.0463. The molecule has 1 saturated carbocycles. The molecular formula is C20H36N4O. The van der Waals surface area contributed by atoms with Gasteiger partial charge in [-0.2, -0.15) is 0 Å². The van der Waals surface area contributed by atoms with Crippen molar-refractivity contribution in [2.45, 2.75) is 71.0 Å². The van der Waals surface area contributed by atoms with Crippen LogP contribution in [0.2, 0.25) is 0 Å². The Labute approximate surface area is 153 Å². The third-order valence-electron chi connectivity index (χ3n) is 5.85. The number of rotatable bonds is 7. The molecule has 142 valence electrons. The number of aliphatic hydroxyl groups is 1. The lowest BCUT2D eigenvalue weighted by Gasteiger charge is -2.42. The van der Waals surface area contributed by atoms with E-state index in [0.29, 0.717) is 18.0 Å². The number of hydrogen-bond donors (Lipinski definition) is 1. The summed E-state index contributed by atoms with van der Waals surface area (Å²) >= 11 is 0. The van der Waals surface area contributed by atoms with Gasteiger partial charge in [-0.15, -0.1) is 0 Å². The molecule has 0 amide bonds. The van der Waals surface area contributed by atoms with Crippen molar-refractivity contribution < 1.29 is 5.11 Å². The molecule has 1 aromatic rings. The third kappa shape index (κ3) is 5.05. The van der Waals surface area contributed by atoms with Crippen molar-refractivity contribution in [1.29, 1.82) is 0 Å². The summed E-state index contributed by atoms with van der Waals surface area (Å²) in [6.45, 7) is 10.3. The zero-order valence-electron chi connectivity index (χ0n) is 16.1. The Morgan fingerprint density at radius 2 is 2.00 bits per heavy atom. The van der Waals surface area contributed by atoms with E-state index < -0.39 is 0 Å². The second kappa shape index (κ2) is 9.15. The fourth-order valence-corrected chi connectivity index (χ4v) is 4.60. The molecule has 1 atom stereocenters. The summed E-state index contributed by atoms with van der Waals surface area (Å²) in [5, 5.41) is 9.47. The minimum Gasteiger partial charge on any atom is -0.396 e. The van der Waals surface area contributed by atoms with Crippen LogP contribution in [0.15, 0.2) is 12.5 Å². The van der Waals surface area contributed by atoms with Crippen LogP contribution >= 0.6 is 0 Å². The summed E-state index contributed by atoms with van der Waals surface area (Å²) in [5.74, 6) is 0.681. The standard InChI is InChI=1S/C20H36N4O/c1-17(2)13-23-10-9-22(14-19(23)8-11-25)15-20-12-21-16-24(20)18-6-4-3-5-7-18/h12,16-19,25H,3-11,13-15H2,1-2H3/t19-/m1/s1. The van der Waals surface area contributed by atoms with Gasteiger partial charge in [-0.05, 0) is 25.2 Å². The molecule has 2 aliphatic rings. The molecule has 5 heteroatoms. The Bertz CT molecular complexity index is 510. The quantitative estimate of drug-likeness (QED) is 0.823. The minimum absolute atomic E-state index is 0.285. The molecule has 0 unspecified atom stereocenters. The molecule has 0 bridgehead atoms. The molecule has 2 fully saturated rings. The first-order valence-electron chi connectivity index (χ1n) is 10.3. The molecular weight excluding hydrogens is 312 g/mol. The summed E-state index contributed by atoms with van der Waals surface area (Å²) in [4.78, 5) is 9.60. The molecule has 0 radical (unpaired) electrons. The molecule has 2 heterocycles. The lowest BCUT2D eigenvalue weighted by Crippen LogP contribution is -2.54. The van der Waals surface area contributed by atoms with Crippen LogP contribution in [0, 0.1) is 5.92 Å². The summed E-state index contributed by atoms with van der Waals surface area (Å²) in [6, 6.07) is 1.13. The maximum atomic E-state index is 9.47. The number of hydrogen-bond acceptors (Lipinski definition) is 4. The van der Waals surface area contributed by atoms with Gasteiger partial charge in [0.25, 0.3) is 0 Å². The Kier molecular flexibility index (Phi) is 6.91. The normalized spacial score (nSPS) is 24.2. The van der Waals surface area contributed by atoms with Gasteiger partial charge in [-0.3, -0.25) is 9.80 Å². The lowest BCUT2D eigenvalue weighted by atomic mass is 9.95. The van der Waals surface area contributed by atoms with Crippen LogP contribution in [0.4, 0.5) is 0 Å². The predicted molar refractivity (Wildman–Crippen MR) is 102 cm³/mol. The Hall–Kier alpha value is -0.910. The fourth-order valence-electron chi connectivity index (χ4n) is 4.60. The van der Waals surface area contributed by atoms with Crippen LogP contribution in [0.3, 0.4) is 0 Å². The average Bonchev–Trinajstić information content (AvgIpc) is 3.06. The van der Waals surface area contributed by atoms with Gasteiger partial charge in [0.1, 0.15) is 0 Å². The molecule has 3 rings (SSSR count). The highest BCUT2D eigenvalue weighted by Gasteiger charge is 2.28. The highest BCUT2D eigenvalue weighted by atomic mass is 16.3. The van der Waals surface area contributed by atoms with Crippen LogP contribution in [0.5, 0.6) is 0 Å². The van der Waals surface area contributed by atoms with Gasteiger partial charge in [-0.1, -0.05) is 33.1 Å². The summed E-state index contributed by atoms with van der Waals surface area (Å²) in [6.07, 6.45) is 11.7. The highest BCUT2D eigenvalue weighted by molar-refractivity contribution is 5.02. The molecule has 0 aromatic carbocycles. The summed E-state index contributed by atoms with van der Waals surface area (Å²) < 4.78 is 2.45. The van der Waals surface area contributed by atoms with Crippen molar-refractivity contribution in [2.24, 2.45) is 5.92 Å². The zero-order chi connectivity index (χ0) is 17.6. The molecule has 25 heavy (non-hydrogen) atoms. The maximum absolute atomic E-state index is 9.47. The first-order valence-corrected chi connectivity index (χ1v) is 10.3. The Morgan fingerprint density at radius 3 is 2.72 bits per heavy atom. The van der Waals surface area contributed by atoms with E-state index in [1.165, 1.54) is 37.8 Å². The largest absolute Gasteiger partial charge is 0.396 e. The summed E-state index contributed by atoms with van der Waals surface area (Å²) in [5.41, 5.74) is 1.37. The third-order valence-corrected chi connectivity index (χ3v) is 5.85. The van der Waals surface area contributed by atoms with Gasteiger partial charge < -0.3 is 9.67 Å². The van der Waals surface area contributed by atoms with Gasteiger partial charge in [0.2, 0.25) is 0 Å². The average molecular weight is 349 g/mol. The number of imidazole rings is 1. The van der Waals surface area contributed by atoms with Crippen molar-refractivity contribution >= 4 is 0 Å². The van der Waals surface area contributed by atoms with Crippen molar-refractivity contribution in [1.82, 2.24) is 19.4 Å². The van der Waals surface area contributed by atoms with E-state index in [4.69, 9.17) is 0 Å². The second-order valence-corrected chi connectivity index (χ2v) is 8.37. The highest BCUT2D eigenvalue weighted by Crippen LogP contribution is 2.29. The maximum Gasteiger partial charge on any atom is 0.0951 e. The second-order valence-electron chi connectivity index (χ2n) is 8.37.